The van der Waals surface area contributed by atoms with Crippen molar-refractivity contribution in [2.75, 3.05) is 0 Å². The van der Waals surface area contributed by atoms with E-state index in [0.29, 0.717) is 22.1 Å². The van der Waals surface area contributed by atoms with E-state index >= 15 is 0 Å². The lowest BCUT2D eigenvalue weighted by Crippen LogP contribution is -1.92. The van der Waals surface area contributed by atoms with Crippen molar-refractivity contribution in [2.45, 2.75) is 6.92 Å². The van der Waals surface area contributed by atoms with Crippen LogP contribution in [0.25, 0.3) is 6.08 Å². The third kappa shape index (κ3) is 4.07. The minimum atomic E-state index is -1.13. The van der Waals surface area contributed by atoms with Gasteiger partial charge >= 0.3 is 5.97 Å². The number of aryl methyl sites for hydroxylation is 1. The van der Waals surface area contributed by atoms with E-state index in [1.165, 1.54) is 24.3 Å². The summed E-state index contributed by atoms with van der Waals surface area (Å²) in [4.78, 5) is 10.6. The fraction of sp³-hybridized carbons (Fsp3) is 0.0625. The summed E-state index contributed by atoms with van der Waals surface area (Å²) < 4.78 is 19.0. The number of carboxylic acid groups (broad SMARTS) is 1. The number of halogens is 2. The maximum absolute atomic E-state index is 13.3. The number of hydrogen-bond acceptors (Lipinski definition) is 2. The molecule has 3 nitrogen and oxygen atoms in total. The average Bonchev–Trinajstić information content (AvgIpc) is 2.43. The third-order valence-electron chi connectivity index (χ3n) is 2.68. The molecule has 2 aromatic carbocycles. The fourth-order valence-corrected chi connectivity index (χ4v) is 1.87. The van der Waals surface area contributed by atoms with Gasteiger partial charge in [0.15, 0.2) is 0 Å². The molecule has 0 aromatic heterocycles. The van der Waals surface area contributed by atoms with E-state index in [1.54, 1.807) is 12.1 Å². The van der Waals surface area contributed by atoms with Crippen LogP contribution in [0, 0.1) is 12.7 Å². The number of hydrogen-bond donors (Lipinski definition) is 1. The molecule has 0 aliphatic heterocycles. The van der Waals surface area contributed by atoms with Crippen molar-refractivity contribution in [3.05, 3.63) is 64.4 Å². The van der Waals surface area contributed by atoms with Crippen LogP contribution in [0.3, 0.4) is 0 Å². The van der Waals surface area contributed by atoms with E-state index < -0.39 is 11.8 Å². The summed E-state index contributed by atoms with van der Waals surface area (Å²) in [5.41, 5.74) is 1.27. The van der Waals surface area contributed by atoms with Crippen LogP contribution in [0.2, 0.25) is 5.02 Å². The SMILES string of the molecule is Cc1ccc(Cl)c(Oc2ccc(F)cc2/C=C/C(=O)O)c1. The first-order chi connectivity index (χ1) is 9.95. The van der Waals surface area contributed by atoms with Crippen LogP contribution in [0.1, 0.15) is 11.1 Å². The van der Waals surface area contributed by atoms with Gasteiger partial charge in [0.25, 0.3) is 0 Å². The summed E-state index contributed by atoms with van der Waals surface area (Å²) >= 11 is 6.05. The van der Waals surface area contributed by atoms with Crippen molar-refractivity contribution in [3.8, 4) is 11.5 Å². The Morgan fingerprint density at radius 2 is 2.00 bits per heavy atom. The number of benzene rings is 2. The maximum Gasteiger partial charge on any atom is 0.328 e. The maximum atomic E-state index is 13.3. The Labute approximate surface area is 126 Å². The standard InChI is InChI=1S/C16H12ClFO3/c1-10-2-5-13(17)15(8-10)21-14-6-4-12(18)9-11(14)3-7-16(19)20/h2-9H,1H3,(H,19,20)/b7-3+. The monoisotopic (exact) mass is 306 g/mol. The molecular formula is C16H12ClFO3. The highest BCUT2D eigenvalue weighted by Crippen LogP contribution is 2.32. The van der Waals surface area contributed by atoms with Crippen molar-refractivity contribution in [1.29, 1.82) is 0 Å². The van der Waals surface area contributed by atoms with Gasteiger partial charge in [-0.05, 0) is 48.9 Å². The van der Waals surface area contributed by atoms with Crippen LogP contribution in [0.15, 0.2) is 42.5 Å². The molecule has 0 aliphatic carbocycles. The predicted octanol–water partition coefficient (Wildman–Crippen LogP) is 4.68. The van der Waals surface area contributed by atoms with Gasteiger partial charge in [0.2, 0.25) is 0 Å². The van der Waals surface area contributed by atoms with Crippen molar-refractivity contribution >= 4 is 23.6 Å². The molecule has 0 radical (unpaired) electrons. The first-order valence-corrected chi connectivity index (χ1v) is 6.48. The molecule has 0 amide bonds. The van der Waals surface area contributed by atoms with E-state index in [-0.39, 0.29) is 0 Å². The lowest BCUT2D eigenvalue weighted by molar-refractivity contribution is -0.131. The van der Waals surface area contributed by atoms with Gasteiger partial charge in [-0.15, -0.1) is 0 Å². The number of aliphatic carboxylic acids is 1. The first-order valence-electron chi connectivity index (χ1n) is 6.10. The number of ether oxygens (including phenoxy) is 1. The van der Waals surface area contributed by atoms with Crippen molar-refractivity contribution in [1.82, 2.24) is 0 Å². The minimum absolute atomic E-state index is 0.315. The quantitative estimate of drug-likeness (QED) is 0.834. The molecule has 108 valence electrons. The Bertz CT molecular complexity index is 711. The van der Waals surface area contributed by atoms with E-state index in [1.807, 2.05) is 13.0 Å². The first kappa shape index (κ1) is 15.1. The summed E-state index contributed by atoms with van der Waals surface area (Å²) in [5.74, 6) is -0.865. The molecule has 0 fully saturated rings. The molecule has 2 aromatic rings. The highest BCUT2D eigenvalue weighted by molar-refractivity contribution is 6.32. The smallest absolute Gasteiger partial charge is 0.328 e. The predicted molar refractivity (Wildman–Crippen MR) is 79.3 cm³/mol. The average molecular weight is 307 g/mol. The summed E-state index contributed by atoms with van der Waals surface area (Å²) in [6.07, 6.45) is 2.18. The third-order valence-corrected chi connectivity index (χ3v) is 3.00. The van der Waals surface area contributed by atoms with Crippen LogP contribution in [-0.2, 0) is 4.79 Å². The highest BCUT2D eigenvalue weighted by atomic mass is 35.5. The van der Waals surface area contributed by atoms with Gasteiger partial charge in [0, 0.05) is 11.6 Å². The van der Waals surface area contributed by atoms with Gasteiger partial charge in [0.05, 0.1) is 5.02 Å². The van der Waals surface area contributed by atoms with Crippen molar-refractivity contribution in [2.24, 2.45) is 0 Å². The second-order valence-electron chi connectivity index (χ2n) is 4.39. The Balaban J connectivity index is 2.39. The molecule has 0 atom stereocenters. The van der Waals surface area contributed by atoms with Gasteiger partial charge in [-0.3, -0.25) is 0 Å². The van der Waals surface area contributed by atoms with E-state index in [2.05, 4.69) is 0 Å². The van der Waals surface area contributed by atoms with Gasteiger partial charge in [-0.2, -0.15) is 0 Å². The lowest BCUT2D eigenvalue weighted by Gasteiger charge is -2.11. The number of carboxylic acids is 1. The van der Waals surface area contributed by atoms with Crippen LogP contribution >= 0.6 is 11.6 Å². The van der Waals surface area contributed by atoms with Crippen LogP contribution < -0.4 is 4.74 Å². The summed E-state index contributed by atoms with van der Waals surface area (Å²) in [5, 5.41) is 9.08. The molecule has 0 aliphatic rings. The molecule has 0 saturated carbocycles. The molecule has 0 unspecified atom stereocenters. The Hall–Kier alpha value is -2.33. The molecular weight excluding hydrogens is 295 g/mol. The van der Waals surface area contributed by atoms with Gasteiger partial charge in [0.1, 0.15) is 17.3 Å². The molecule has 0 heterocycles. The summed E-state index contributed by atoms with van der Waals surface area (Å²) in [7, 11) is 0. The van der Waals surface area contributed by atoms with E-state index in [4.69, 9.17) is 21.4 Å². The molecule has 21 heavy (non-hydrogen) atoms. The molecule has 0 bridgehead atoms. The highest BCUT2D eigenvalue weighted by Gasteiger charge is 2.08. The Kier molecular flexibility index (Phi) is 4.60. The van der Waals surface area contributed by atoms with Gasteiger partial charge in [-0.1, -0.05) is 17.7 Å². The van der Waals surface area contributed by atoms with E-state index in [9.17, 15) is 9.18 Å². The fourth-order valence-electron chi connectivity index (χ4n) is 1.71. The molecule has 1 N–H and O–H groups in total. The largest absolute Gasteiger partial charge is 0.478 e. The van der Waals surface area contributed by atoms with Crippen molar-refractivity contribution in [3.63, 3.8) is 0 Å². The van der Waals surface area contributed by atoms with E-state index in [0.717, 1.165) is 11.6 Å². The Morgan fingerprint density at radius 1 is 1.24 bits per heavy atom. The van der Waals surface area contributed by atoms with Gasteiger partial charge in [-0.25, -0.2) is 9.18 Å². The van der Waals surface area contributed by atoms with Crippen LogP contribution in [0.5, 0.6) is 11.5 Å². The second kappa shape index (κ2) is 6.41. The van der Waals surface area contributed by atoms with Crippen LogP contribution in [-0.4, -0.2) is 11.1 Å². The zero-order valence-corrected chi connectivity index (χ0v) is 11.9. The molecule has 0 saturated heterocycles. The lowest BCUT2D eigenvalue weighted by atomic mass is 10.1. The van der Waals surface area contributed by atoms with Crippen LogP contribution in [0.4, 0.5) is 4.39 Å². The number of carbonyl (C=O) groups is 1. The zero-order chi connectivity index (χ0) is 15.4. The molecule has 0 spiro atoms. The zero-order valence-electron chi connectivity index (χ0n) is 11.1. The van der Waals surface area contributed by atoms with Gasteiger partial charge < -0.3 is 9.84 Å². The number of rotatable bonds is 4. The Morgan fingerprint density at radius 3 is 2.71 bits per heavy atom. The molecule has 2 rings (SSSR count). The molecule has 5 heteroatoms. The summed E-state index contributed by atoms with van der Waals surface area (Å²) in [6.45, 7) is 1.89. The summed E-state index contributed by atoms with van der Waals surface area (Å²) in [6, 6.07) is 9.13. The normalized spacial score (nSPS) is 10.8. The van der Waals surface area contributed by atoms with Crippen molar-refractivity contribution < 1.29 is 19.0 Å². The second-order valence-corrected chi connectivity index (χ2v) is 4.80. The minimum Gasteiger partial charge on any atom is -0.478 e. The topological polar surface area (TPSA) is 46.5 Å².